The van der Waals surface area contributed by atoms with Gasteiger partial charge in [-0.05, 0) is 68.3 Å². The molecule has 9 heteroatoms. The molecule has 0 atom stereocenters. The molecule has 192 valence electrons. The summed E-state index contributed by atoms with van der Waals surface area (Å²) in [4.78, 5) is 32.3. The Balaban J connectivity index is 1.82. The van der Waals surface area contributed by atoms with Crippen LogP contribution >= 0.6 is 34.5 Å². The van der Waals surface area contributed by atoms with Crippen molar-refractivity contribution in [3.63, 3.8) is 0 Å². The fourth-order valence-corrected chi connectivity index (χ4v) is 5.05. The van der Waals surface area contributed by atoms with Gasteiger partial charge in [0, 0.05) is 41.1 Å². The second-order valence-electron chi connectivity index (χ2n) is 8.29. The van der Waals surface area contributed by atoms with E-state index in [4.69, 9.17) is 27.9 Å². The molecule has 0 unspecified atom stereocenters. The predicted octanol–water partition coefficient (Wildman–Crippen LogP) is 6.60. The SMILES string of the molecule is CCOCCCN(CC(=O)N(Cc1ccc(F)cc1)Cc1ccc(C)s1)C(=O)c1ccc(Cl)cc1Cl. The number of amides is 2. The fourth-order valence-electron chi connectivity index (χ4n) is 3.65. The molecule has 3 aromatic rings. The minimum absolute atomic E-state index is 0.129. The number of rotatable bonds is 12. The number of hydrogen-bond donors (Lipinski definition) is 0. The van der Waals surface area contributed by atoms with Crippen molar-refractivity contribution < 1.29 is 18.7 Å². The third-order valence-electron chi connectivity index (χ3n) is 5.48. The van der Waals surface area contributed by atoms with Gasteiger partial charge in [0.05, 0.1) is 17.1 Å². The van der Waals surface area contributed by atoms with E-state index in [-0.39, 0.29) is 34.8 Å². The van der Waals surface area contributed by atoms with Gasteiger partial charge in [-0.1, -0.05) is 35.3 Å². The van der Waals surface area contributed by atoms with Crippen molar-refractivity contribution in [1.82, 2.24) is 9.80 Å². The van der Waals surface area contributed by atoms with Gasteiger partial charge in [0.1, 0.15) is 12.4 Å². The molecule has 2 amide bonds. The molecule has 1 aromatic heterocycles. The largest absolute Gasteiger partial charge is 0.382 e. The number of aryl methyl sites for hydroxylation is 1. The Hall–Kier alpha value is -2.45. The van der Waals surface area contributed by atoms with Gasteiger partial charge >= 0.3 is 0 Å². The molecule has 3 rings (SSSR count). The molecule has 0 spiro atoms. The summed E-state index contributed by atoms with van der Waals surface area (Å²) in [5.74, 6) is -0.910. The molecule has 1 heterocycles. The zero-order valence-corrected chi connectivity index (χ0v) is 22.6. The van der Waals surface area contributed by atoms with E-state index in [1.807, 2.05) is 26.0 Å². The van der Waals surface area contributed by atoms with E-state index in [1.165, 1.54) is 23.1 Å². The third kappa shape index (κ3) is 8.30. The maximum atomic E-state index is 13.6. The molecule has 0 fully saturated rings. The van der Waals surface area contributed by atoms with Crippen LogP contribution in [0.15, 0.2) is 54.6 Å². The van der Waals surface area contributed by atoms with E-state index in [9.17, 15) is 14.0 Å². The Kier molecular flexibility index (Phi) is 10.7. The van der Waals surface area contributed by atoms with Crippen molar-refractivity contribution in [1.29, 1.82) is 0 Å². The number of carbonyl (C=O) groups is 2. The first-order chi connectivity index (χ1) is 17.3. The van der Waals surface area contributed by atoms with Crippen molar-refractivity contribution >= 4 is 46.4 Å². The minimum Gasteiger partial charge on any atom is -0.382 e. The molecule has 0 saturated carbocycles. The molecule has 0 saturated heterocycles. The Labute approximate surface area is 225 Å². The molecule has 0 aliphatic rings. The topological polar surface area (TPSA) is 49.9 Å². The molecule has 0 bridgehead atoms. The van der Waals surface area contributed by atoms with E-state index in [1.54, 1.807) is 40.5 Å². The van der Waals surface area contributed by atoms with E-state index >= 15 is 0 Å². The van der Waals surface area contributed by atoms with Crippen LogP contribution in [0.2, 0.25) is 10.0 Å². The van der Waals surface area contributed by atoms with Gasteiger partial charge < -0.3 is 14.5 Å². The van der Waals surface area contributed by atoms with Crippen molar-refractivity contribution in [3.8, 4) is 0 Å². The van der Waals surface area contributed by atoms with Crippen molar-refractivity contribution in [2.24, 2.45) is 0 Å². The summed E-state index contributed by atoms with van der Waals surface area (Å²) >= 11 is 13.9. The van der Waals surface area contributed by atoms with Gasteiger partial charge in [0.2, 0.25) is 5.91 Å². The first-order valence-corrected chi connectivity index (χ1v) is 13.2. The van der Waals surface area contributed by atoms with E-state index in [0.29, 0.717) is 44.3 Å². The zero-order valence-electron chi connectivity index (χ0n) is 20.3. The molecule has 0 aliphatic carbocycles. The number of benzene rings is 2. The Morgan fingerprint density at radius 1 is 1.00 bits per heavy atom. The monoisotopic (exact) mass is 550 g/mol. The smallest absolute Gasteiger partial charge is 0.255 e. The van der Waals surface area contributed by atoms with E-state index < -0.39 is 0 Å². The lowest BCUT2D eigenvalue weighted by Gasteiger charge is -2.28. The first kappa shape index (κ1) is 28.1. The number of ether oxygens (including phenoxy) is 1. The molecular formula is C27H29Cl2FN2O3S. The standard InChI is InChI=1S/C27H29Cl2FN2O3S/c1-3-35-14-4-13-31(27(34)24-12-8-21(28)15-25(24)29)18-26(33)32(17-23-11-5-19(2)36-23)16-20-6-9-22(30)10-7-20/h5-12,15H,3-4,13-14,16-18H2,1-2H3. The molecule has 2 aromatic carbocycles. The summed E-state index contributed by atoms with van der Waals surface area (Å²) < 4.78 is 18.9. The van der Waals surface area contributed by atoms with Crippen molar-refractivity contribution in [3.05, 3.63) is 91.3 Å². The van der Waals surface area contributed by atoms with Gasteiger partial charge in [0.15, 0.2) is 0 Å². The van der Waals surface area contributed by atoms with Gasteiger partial charge in [-0.25, -0.2) is 4.39 Å². The quantitative estimate of drug-likeness (QED) is 0.239. The van der Waals surface area contributed by atoms with Crippen LogP contribution in [-0.2, 0) is 22.6 Å². The second kappa shape index (κ2) is 13.7. The Morgan fingerprint density at radius 3 is 2.39 bits per heavy atom. The Morgan fingerprint density at radius 2 is 1.75 bits per heavy atom. The molecule has 5 nitrogen and oxygen atoms in total. The lowest BCUT2D eigenvalue weighted by Crippen LogP contribution is -2.43. The molecule has 0 N–H and O–H groups in total. The van der Waals surface area contributed by atoms with Gasteiger partial charge in [0.25, 0.3) is 5.91 Å². The highest BCUT2D eigenvalue weighted by Gasteiger charge is 2.24. The number of carbonyl (C=O) groups excluding carboxylic acids is 2. The van der Waals surface area contributed by atoms with Crippen LogP contribution in [0.1, 0.15) is 39.0 Å². The maximum Gasteiger partial charge on any atom is 0.255 e. The lowest BCUT2D eigenvalue weighted by molar-refractivity contribution is -0.133. The average Bonchev–Trinajstić information content (AvgIpc) is 3.26. The molecule has 36 heavy (non-hydrogen) atoms. The highest BCUT2D eigenvalue weighted by Crippen LogP contribution is 2.23. The normalized spacial score (nSPS) is 10.9. The van der Waals surface area contributed by atoms with Crippen LogP contribution in [0.4, 0.5) is 4.39 Å². The number of hydrogen-bond acceptors (Lipinski definition) is 4. The van der Waals surface area contributed by atoms with Crippen LogP contribution in [0.25, 0.3) is 0 Å². The summed E-state index contributed by atoms with van der Waals surface area (Å²) in [7, 11) is 0. The number of halogens is 3. The van der Waals surface area contributed by atoms with Crippen LogP contribution in [0, 0.1) is 12.7 Å². The van der Waals surface area contributed by atoms with Crippen LogP contribution in [0.5, 0.6) is 0 Å². The molecular weight excluding hydrogens is 522 g/mol. The second-order valence-corrected chi connectivity index (χ2v) is 10.5. The summed E-state index contributed by atoms with van der Waals surface area (Å²) in [6.07, 6.45) is 0.570. The lowest BCUT2D eigenvalue weighted by atomic mass is 10.1. The fraction of sp³-hybridized carbons (Fsp3) is 0.333. The third-order valence-corrected chi connectivity index (χ3v) is 7.01. The summed E-state index contributed by atoms with van der Waals surface area (Å²) in [5.41, 5.74) is 1.08. The summed E-state index contributed by atoms with van der Waals surface area (Å²) in [6.45, 7) is 5.82. The van der Waals surface area contributed by atoms with E-state index in [0.717, 1.165) is 15.3 Å². The van der Waals surface area contributed by atoms with Gasteiger partial charge in [-0.2, -0.15) is 0 Å². The van der Waals surface area contributed by atoms with Crippen molar-refractivity contribution in [2.75, 3.05) is 26.3 Å². The molecule has 0 radical (unpaired) electrons. The summed E-state index contributed by atoms with van der Waals surface area (Å²) in [5, 5.41) is 0.652. The number of nitrogens with zero attached hydrogens (tertiary/aromatic N) is 2. The van der Waals surface area contributed by atoms with Crippen LogP contribution < -0.4 is 0 Å². The van der Waals surface area contributed by atoms with Crippen molar-refractivity contribution in [2.45, 2.75) is 33.4 Å². The molecule has 0 aliphatic heterocycles. The predicted molar refractivity (Wildman–Crippen MR) is 143 cm³/mol. The highest BCUT2D eigenvalue weighted by molar-refractivity contribution is 7.11. The zero-order chi connectivity index (χ0) is 26.1. The van der Waals surface area contributed by atoms with Gasteiger partial charge in [-0.15, -0.1) is 11.3 Å². The Bertz CT molecular complexity index is 1170. The maximum absolute atomic E-state index is 13.6. The minimum atomic E-state index is -0.352. The van der Waals surface area contributed by atoms with Crippen LogP contribution in [0.3, 0.4) is 0 Å². The first-order valence-electron chi connectivity index (χ1n) is 11.7. The average molecular weight is 552 g/mol. The summed E-state index contributed by atoms with van der Waals surface area (Å²) in [6, 6.07) is 14.7. The van der Waals surface area contributed by atoms with Crippen LogP contribution in [-0.4, -0.2) is 47.9 Å². The number of thiophene rings is 1. The van der Waals surface area contributed by atoms with E-state index in [2.05, 4.69) is 0 Å². The highest BCUT2D eigenvalue weighted by atomic mass is 35.5. The van der Waals surface area contributed by atoms with Gasteiger partial charge in [-0.3, -0.25) is 9.59 Å².